The summed E-state index contributed by atoms with van der Waals surface area (Å²) in [6.07, 6.45) is 2.01. The molecule has 0 radical (unpaired) electrons. The van der Waals surface area contributed by atoms with Gasteiger partial charge < -0.3 is 9.73 Å². The zero-order chi connectivity index (χ0) is 23.5. The number of para-hydroxylation sites is 1. The zero-order valence-electron chi connectivity index (χ0n) is 18.2. The van der Waals surface area contributed by atoms with Crippen molar-refractivity contribution in [2.75, 3.05) is 5.32 Å². The number of amides is 2. The summed E-state index contributed by atoms with van der Waals surface area (Å²) in [6.45, 7) is 3.70. The number of carbonyl (C=O) groups excluding carboxylic acids is 2. The Balaban J connectivity index is 1.57. The first-order chi connectivity index (χ1) is 15.8. The van der Waals surface area contributed by atoms with Crippen molar-refractivity contribution >= 4 is 28.9 Å². The van der Waals surface area contributed by atoms with E-state index in [2.05, 4.69) is 15.8 Å². The number of furan rings is 1. The van der Waals surface area contributed by atoms with E-state index in [0.717, 1.165) is 17.5 Å². The minimum Gasteiger partial charge on any atom is -0.455 e. The smallest absolute Gasteiger partial charge is 0.291 e. The van der Waals surface area contributed by atoms with Crippen LogP contribution in [0.2, 0.25) is 0 Å². The maximum absolute atomic E-state index is 12.9. The van der Waals surface area contributed by atoms with Gasteiger partial charge in [0.2, 0.25) is 0 Å². The van der Waals surface area contributed by atoms with Gasteiger partial charge >= 0.3 is 0 Å². The number of nitro benzene ring substituents is 1. The summed E-state index contributed by atoms with van der Waals surface area (Å²) < 4.78 is 5.89. The lowest BCUT2D eigenvalue weighted by atomic mass is 9.93. The summed E-state index contributed by atoms with van der Waals surface area (Å²) >= 11 is 0. The first-order valence-corrected chi connectivity index (χ1v) is 10.5. The molecule has 0 saturated carbocycles. The molecule has 2 amide bonds. The van der Waals surface area contributed by atoms with Crippen LogP contribution < -0.4 is 10.7 Å². The van der Waals surface area contributed by atoms with Crippen molar-refractivity contribution in [1.82, 2.24) is 5.43 Å². The molecule has 0 atom stereocenters. The Hall–Kier alpha value is -4.27. The van der Waals surface area contributed by atoms with Gasteiger partial charge in [0.15, 0.2) is 5.76 Å². The average Bonchev–Trinajstić information content (AvgIpc) is 3.16. The van der Waals surface area contributed by atoms with Gasteiger partial charge in [0.05, 0.1) is 10.6 Å². The molecular formula is C24H22N4O5. The number of nitro groups is 1. The number of anilines is 1. The molecule has 0 saturated heterocycles. The monoisotopic (exact) mass is 446 g/mol. The number of nitrogens with one attached hydrogen (secondary N) is 2. The number of hydrogen-bond acceptors (Lipinski definition) is 6. The fourth-order valence-electron chi connectivity index (χ4n) is 3.83. The molecule has 0 spiro atoms. The standard InChI is InChI=1S/C24H22N4O5/c1-14-7-3-4-10-18(14)25-24(30)22-15(2)21-19(11-6-12-20(21)33-22)26-27-23(29)16-8-5-9-17(13-16)28(31)32/h3-5,7-10,13H,6,11-12H2,1-2H3,(H,25,30)(H,27,29)/b26-19+. The van der Waals surface area contributed by atoms with Crippen LogP contribution in [0.25, 0.3) is 0 Å². The van der Waals surface area contributed by atoms with E-state index in [-0.39, 0.29) is 22.9 Å². The Morgan fingerprint density at radius 1 is 1.06 bits per heavy atom. The largest absolute Gasteiger partial charge is 0.455 e. The van der Waals surface area contributed by atoms with Crippen LogP contribution in [-0.2, 0) is 6.42 Å². The van der Waals surface area contributed by atoms with Gasteiger partial charge in [0.1, 0.15) is 5.76 Å². The predicted molar refractivity (Wildman–Crippen MR) is 123 cm³/mol. The van der Waals surface area contributed by atoms with Crippen LogP contribution in [0, 0.1) is 24.0 Å². The SMILES string of the molecule is Cc1ccccc1NC(=O)c1oc2c(c1C)/C(=N/NC(=O)c1cccc([N+](=O)[O-])c1)CCC2. The molecule has 0 unspecified atom stereocenters. The third-order valence-electron chi connectivity index (χ3n) is 5.54. The number of rotatable bonds is 5. The van der Waals surface area contributed by atoms with Gasteiger partial charge in [0.25, 0.3) is 17.5 Å². The number of fused-ring (bicyclic) bond motifs is 1. The average molecular weight is 446 g/mol. The molecule has 1 heterocycles. The van der Waals surface area contributed by atoms with Gasteiger partial charge in [-0.25, -0.2) is 5.43 Å². The maximum atomic E-state index is 12.9. The Labute approximate surface area is 189 Å². The summed E-state index contributed by atoms with van der Waals surface area (Å²) in [5.74, 6) is -0.0481. The van der Waals surface area contributed by atoms with Crippen molar-refractivity contribution in [2.45, 2.75) is 33.1 Å². The van der Waals surface area contributed by atoms with E-state index in [1.807, 2.05) is 31.2 Å². The van der Waals surface area contributed by atoms with Crippen molar-refractivity contribution in [2.24, 2.45) is 5.10 Å². The van der Waals surface area contributed by atoms with Crippen molar-refractivity contribution in [3.05, 3.63) is 92.4 Å². The maximum Gasteiger partial charge on any atom is 0.291 e. The molecule has 3 aromatic rings. The minimum atomic E-state index is -0.561. The summed E-state index contributed by atoms with van der Waals surface area (Å²) in [7, 11) is 0. The van der Waals surface area contributed by atoms with Crippen molar-refractivity contribution in [1.29, 1.82) is 0 Å². The van der Waals surface area contributed by atoms with Crippen LogP contribution in [0.5, 0.6) is 0 Å². The van der Waals surface area contributed by atoms with Gasteiger partial charge in [-0.2, -0.15) is 5.10 Å². The number of benzene rings is 2. The van der Waals surface area contributed by atoms with E-state index < -0.39 is 10.8 Å². The highest BCUT2D eigenvalue weighted by atomic mass is 16.6. The number of nitrogens with zero attached hydrogens (tertiary/aromatic N) is 2. The fraction of sp³-hybridized carbons (Fsp3) is 0.208. The second-order valence-corrected chi connectivity index (χ2v) is 7.78. The second-order valence-electron chi connectivity index (χ2n) is 7.78. The Bertz CT molecular complexity index is 1290. The van der Waals surface area contributed by atoms with E-state index in [0.29, 0.717) is 35.6 Å². The minimum absolute atomic E-state index is 0.131. The van der Waals surface area contributed by atoms with Crippen molar-refractivity contribution in [3.8, 4) is 0 Å². The molecule has 168 valence electrons. The Morgan fingerprint density at radius 2 is 1.85 bits per heavy atom. The highest BCUT2D eigenvalue weighted by Crippen LogP contribution is 2.30. The molecule has 0 fully saturated rings. The number of hydrazone groups is 1. The van der Waals surface area contributed by atoms with Crippen LogP contribution in [0.1, 0.15) is 56.2 Å². The lowest BCUT2D eigenvalue weighted by Crippen LogP contribution is -2.22. The van der Waals surface area contributed by atoms with Crippen LogP contribution in [-0.4, -0.2) is 22.4 Å². The van der Waals surface area contributed by atoms with Crippen LogP contribution in [0.15, 0.2) is 58.0 Å². The van der Waals surface area contributed by atoms with Crippen molar-refractivity contribution in [3.63, 3.8) is 0 Å². The normalized spacial score (nSPS) is 13.9. The molecular weight excluding hydrogens is 424 g/mol. The number of non-ortho nitro benzene ring substituents is 1. The lowest BCUT2D eigenvalue weighted by molar-refractivity contribution is -0.384. The van der Waals surface area contributed by atoms with Gasteiger partial charge in [-0.3, -0.25) is 19.7 Å². The predicted octanol–water partition coefficient (Wildman–Crippen LogP) is 4.53. The van der Waals surface area contributed by atoms with E-state index in [1.54, 1.807) is 6.92 Å². The Kier molecular flexibility index (Phi) is 6.03. The number of carbonyl (C=O) groups is 2. The molecule has 0 aliphatic heterocycles. The van der Waals surface area contributed by atoms with Gasteiger partial charge in [-0.15, -0.1) is 0 Å². The molecule has 2 N–H and O–H groups in total. The Morgan fingerprint density at radius 3 is 2.61 bits per heavy atom. The molecule has 0 bridgehead atoms. The highest BCUT2D eigenvalue weighted by Gasteiger charge is 2.28. The van der Waals surface area contributed by atoms with Gasteiger partial charge in [0, 0.05) is 40.9 Å². The van der Waals surface area contributed by atoms with Gasteiger partial charge in [-0.05, 0) is 44.4 Å². The van der Waals surface area contributed by atoms with Gasteiger partial charge in [-0.1, -0.05) is 24.3 Å². The topological polar surface area (TPSA) is 127 Å². The second kappa shape index (κ2) is 9.07. The van der Waals surface area contributed by atoms with Crippen molar-refractivity contribution < 1.29 is 18.9 Å². The van der Waals surface area contributed by atoms with E-state index in [1.165, 1.54) is 24.3 Å². The molecule has 2 aromatic carbocycles. The number of hydrogen-bond donors (Lipinski definition) is 2. The van der Waals surface area contributed by atoms with Crippen LogP contribution >= 0.6 is 0 Å². The molecule has 1 aliphatic rings. The van der Waals surface area contributed by atoms with E-state index in [4.69, 9.17) is 4.42 Å². The highest BCUT2D eigenvalue weighted by molar-refractivity contribution is 6.09. The van der Waals surface area contributed by atoms with Crippen LogP contribution in [0.3, 0.4) is 0 Å². The summed E-state index contributed by atoms with van der Waals surface area (Å²) in [5.41, 5.74) is 6.04. The molecule has 1 aromatic heterocycles. The van der Waals surface area contributed by atoms with Crippen LogP contribution in [0.4, 0.5) is 11.4 Å². The summed E-state index contributed by atoms with van der Waals surface area (Å²) in [4.78, 5) is 35.7. The summed E-state index contributed by atoms with van der Waals surface area (Å²) in [5, 5.41) is 18.1. The summed E-state index contributed by atoms with van der Waals surface area (Å²) in [6, 6.07) is 12.9. The fourth-order valence-corrected chi connectivity index (χ4v) is 3.83. The third-order valence-corrected chi connectivity index (χ3v) is 5.54. The lowest BCUT2D eigenvalue weighted by Gasteiger charge is -2.13. The van der Waals surface area contributed by atoms with E-state index in [9.17, 15) is 19.7 Å². The molecule has 9 heteroatoms. The molecule has 33 heavy (non-hydrogen) atoms. The molecule has 1 aliphatic carbocycles. The first kappa shape index (κ1) is 21.9. The first-order valence-electron chi connectivity index (χ1n) is 10.5. The molecule has 9 nitrogen and oxygen atoms in total. The quantitative estimate of drug-likeness (QED) is 0.440. The third kappa shape index (κ3) is 4.52. The molecule has 4 rings (SSSR count). The van der Waals surface area contributed by atoms with E-state index >= 15 is 0 Å². The number of aryl methyl sites for hydroxylation is 2. The zero-order valence-corrected chi connectivity index (χ0v) is 18.2.